The van der Waals surface area contributed by atoms with Crippen LogP contribution in [0, 0.1) is 11.8 Å². The number of benzene rings is 1. The van der Waals surface area contributed by atoms with Crippen LogP contribution in [0.5, 0.6) is 17.5 Å². The fourth-order valence-corrected chi connectivity index (χ4v) is 3.92. The van der Waals surface area contributed by atoms with Crippen molar-refractivity contribution in [1.29, 1.82) is 0 Å². The molecule has 34 heavy (non-hydrogen) atoms. The second kappa shape index (κ2) is 8.04. The van der Waals surface area contributed by atoms with Crippen LogP contribution in [0.25, 0.3) is 11.1 Å². The molecule has 3 aromatic rings. The molecule has 0 aliphatic carbocycles. The van der Waals surface area contributed by atoms with Crippen molar-refractivity contribution in [3.63, 3.8) is 0 Å². The molecule has 0 bridgehead atoms. The molecule has 4 heterocycles. The zero-order valence-electron chi connectivity index (χ0n) is 19.4. The summed E-state index contributed by atoms with van der Waals surface area (Å²) >= 11 is 0. The van der Waals surface area contributed by atoms with E-state index in [4.69, 9.17) is 29.7 Å². The molecule has 2 N–H and O–H groups in total. The zero-order valence-corrected chi connectivity index (χ0v) is 19.4. The first-order valence-corrected chi connectivity index (χ1v) is 10.7. The first-order chi connectivity index (χ1) is 16.3. The summed E-state index contributed by atoms with van der Waals surface area (Å²) in [5, 5.41) is 0. The van der Waals surface area contributed by atoms with Crippen LogP contribution in [0.15, 0.2) is 53.8 Å². The number of ether oxygens (including phenoxy) is 4. The van der Waals surface area contributed by atoms with Crippen molar-refractivity contribution in [2.45, 2.75) is 25.0 Å². The van der Waals surface area contributed by atoms with E-state index in [1.165, 1.54) is 0 Å². The van der Waals surface area contributed by atoms with E-state index in [0.29, 0.717) is 23.1 Å². The maximum absolute atomic E-state index is 6.16. The van der Waals surface area contributed by atoms with E-state index < -0.39 is 11.1 Å². The molecule has 0 radical (unpaired) electrons. The largest absolute Gasteiger partial charge is 0.481 e. The summed E-state index contributed by atoms with van der Waals surface area (Å²) in [6.45, 7) is 4.03. The molecule has 2 aliphatic heterocycles. The van der Waals surface area contributed by atoms with Gasteiger partial charge in [-0.1, -0.05) is 17.9 Å². The van der Waals surface area contributed by atoms with Crippen molar-refractivity contribution in [1.82, 2.24) is 9.97 Å². The highest BCUT2D eigenvalue weighted by atomic mass is 16.5. The minimum atomic E-state index is -0.898. The van der Waals surface area contributed by atoms with Crippen LogP contribution >= 0.6 is 0 Å². The smallest absolute Gasteiger partial charge is 0.283 e. The summed E-state index contributed by atoms with van der Waals surface area (Å²) in [7, 11) is 3.22. The highest BCUT2D eigenvalue weighted by Gasteiger charge is 2.47. The summed E-state index contributed by atoms with van der Waals surface area (Å²) in [5.74, 6) is 7.90. The number of nitrogens with two attached hydrogens (primary N) is 1. The Kier molecular flexibility index (Phi) is 5.14. The Bertz CT molecular complexity index is 1360. The van der Waals surface area contributed by atoms with Crippen LogP contribution < -0.4 is 15.2 Å². The Morgan fingerprint density at radius 2 is 1.85 bits per heavy atom. The summed E-state index contributed by atoms with van der Waals surface area (Å²) in [6, 6.07) is 11.7. The monoisotopic (exact) mass is 456 g/mol. The Morgan fingerprint density at radius 1 is 1.03 bits per heavy atom. The predicted molar refractivity (Wildman–Crippen MR) is 127 cm³/mol. The molecule has 1 aromatic carbocycles. The second-order valence-corrected chi connectivity index (χ2v) is 8.54. The van der Waals surface area contributed by atoms with Gasteiger partial charge in [0.05, 0.1) is 12.7 Å². The van der Waals surface area contributed by atoms with Gasteiger partial charge in [0, 0.05) is 42.3 Å². The zero-order chi connectivity index (χ0) is 23.9. The molecule has 2 aromatic heterocycles. The first-order valence-electron chi connectivity index (χ1n) is 10.7. The maximum Gasteiger partial charge on any atom is 0.283 e. The molecule has 0 amide bonds. The second-order valence-electron chi connectivity index (χ2n) is 8.54. The van der Waals surface area contributed by atoms with E-state index in [-0.39, 0.29) is 12.6 Å². The molecular weight excluding hydrogens is 432 g/mol. The lowest BCUT2D eigenvalue weighted by atomic mass is 9.81. The van der Waals surface area contributed by atoms with Crippen molar-refractivity contribution in [3.05, 3.63) is 65.5 Å². The number of hydrogen-bond acceptors (Lipinski definition) is 8. The Hall–Kier alpha value is -4.09. The molecule has 172 valence electrons. The molecule has 8 nitrogen and oxygen atoms in total. The fraction of sp³-hybridized carbons (Fsp3) is 0.269. The average Bonchev–Trinajstić information content (AvgIpc) is 3.25. The SMILES string of the molecule is COc1ccc(-c2ccc3c(c2)[C@@]2(COC(N)=N2)c2cc(C#CC(C)(C)OC)cnc2O3)cn1. The summed E-state index contributed by atoms with van der Waals surface area (Å²) in [6.07, 6.45) is 3.44. The van der Waals surface area contributed by atoms with E-state index in [2.05, 4.69) is 21.8 Å². The van der Waals surface area contributed by atoms with Gasteiger partial charge in [-0.3, -0.25) is 0 Å². The Labute approximate surface area is 197 Å². The molecular formula is C26H24N4O4. The standard InChI is InChI=1S/C26H24N4O4/c1-25(2,32-4)10-9-16-11-20-23(29-13-16)34-21-7-5-17(18-6-8-22(31-3)28-14-18)12-19(21)26(20)15-33-24(27)30-26/h5-8,11-14H,15H2,1-4H3,(H2,27,30)/t26-/m0/s1. The van der Waals surface area contributed by atoms with E-state index >= 15 is 0 Å². The van der Waals surface area contributed by atoms with E-state index in [9.17, 15) is 0 Å². The predicted octanol–water partition coefficient (Wildman–Crippen LogP) is 3.62. The molecule has 1 spiro atoms. The van der Waals surface area contributed by atoms with Crippen molar-refractivity contribution in [2.75, 3.05) is 20.8 Å². The van der Waals surface area contributed by atoms with Gasteiger partial charge in [0.2, 0.25) is 11.8 Å². The lowest BCUT2D eigenvalue weighted by Gasteiger charge is -2.33. The van der Waals surface area contributed by atoms with Gasteiger partial charge in [0.15, 0.2) is 5.54 Å². The molecule has 8 heteroatoms. The van der Waals surface area contributed by atoms with E-state index in [1.54, 1.807) is 26.6 Å². The minimum absolute atomic E-state index is 0.118. The third kappa shape index (κ3) is 3.70. The van der Waals surface area contributed by atoms with Gasteiger partial charge in [-0.2, -0.15) is 0 Å². The summed E-state index contributed by atoms with van der Waals surface area (Å²) in [4.78, 5) is 13.6. The van der Waals surface area contributed by atoms with Gasteiger partial charge < -0.3 is 24.7 Å². The van der Waals surface area contributed by atoms with Gasteiger partial charge in [0.25, 0.3) is 6.02 Å². The third-order valence-electron chi connectivity index (χ3n) is 5.96. The Morgan fingerprint density at radius 3 is 2.53 bits per heavy atom. The van der Waals surface area contributed by atoms with Crippen molar-refractivity contribution >= 4 is 6.02 Å². The van der Waals surface area contributed by atoms with Gasteiger partial charge in [0.1, 0.15) is 18.0 Å². The van der Waals surface area contributed by atoms with Crippen LogP contribution in [0.2, 0.25) is 0 Å². The number of rotatable bonds is 3. The molecule has 1 atom stereocenters. The number of hydrogen-bond donors (Lipinski definition) is 1. The fourth-order valence-electron chi connectivity index (χ4n) is 3.92. The van der Waals surface area contributed by atoms with Gasteiger partial charge in [-0.15, -0.1) is 0 Å². The summed E-state index contributed by atoms with van der Waals surface area (Å²) < 4.78 is 22.4. The highest BCUT2D eigenvalue weighted by molar-refractivity contribution is 5.77. The van der Waals surface area contributed by atoms with Crippen LogP contribution in [-0.2, 0) is 15.0 Å². The van der Waals surface area contributed by atoms with Crippen LogP contribution in [0.1, 0.15) is 30.5 Å². The Balaban J connectivity index is 1.63. The van der Waals surface area contributed by atoms with Crippen molar-refractivity contribution in [2.24, 2.45) is 10.7 Å². The molecule has 2 aliphatic rings. The van der Waals surface area contributed by atoms with Crippen molar-refractivity contribution in [3.8, 4) is 40.5 Å². The number of nitrogens with zero attached hydrogens (tertiary/aromatic N) is 3. The quantitative estimate of drug-likeness (QED) is 0.601. The van der Waals surface area contributed by atoms with E-state index in [0.717, 1.165) is 22.3 Å². The highest BCUT2D eigenvalue weighted by Crippen LogP contribution is 2.51. The first kappa shape index (κ1) is 21.7. The average molecular weight is 457 g/mol. The van der Waals surface area contributed by atoms with Crippen LogP contribution in [0.4, 0.5) is 0 Å². The minimum Gasteiger partial charge on any atom is -0.481 e. The molecule has 0 unspecified atom stereocenters. The van der Waals surface area contributed by atoms with Crippen LogP contribution in [-0.4, -0.2) is 42.4 Å². The summed E-state index contributed by atoms with van der Waals surface area (Å²) in [5.41, 5.74) is 8.69. The number of aromatic nitrogens is 2. The number of methoxy groups -OCH3 is 2. The van der Waals surface area contributed by atoms with E-state index in [1.807, 2.05) is 50.2 Å². The number of fused-ring (bicyclic) bond motifs is 4. The molecule has 0 saturated heterocycles. The van der Waals surface area contributed by atoms with Crippen LogP contribution in [0.3, 0.4) is 0 Å². The van der Waals surface area contributed by atoms with Gasteiger partial charge in [-0.05, 0) is 43.7 Å². The molecule has 0 fully saturated rings. The van der Waals surface area contributed by atoms with Crippen molar-refractivity contribution < 1.29 is 18.9 Å². The molecule has 5 rings (SSSR count). The van der Waals surface area contributed by atoms with Gasteiger partial charge in [-0.25, -0.2) is 15.0 Å². The maximum atomic E-state index is 6.16. The molecule has 0 saturated carbocycles. The number of amidine groups is 1. The number of pyridine rings is 2. The van der Waals surface area contributed by atoms with Gasteiger partial charge >= 0.3 is 0 Å². The third-order valence-corrected chi connectivity index (χ3v) is 5.96. The normalized spacial score (nSPS) is 18.1. The lowest BCUT2D eigenvalue weighted by Crippen LogP contribution is -2.31. The number of aliphatic imine (C=N–C) groups is 1. The topological polar surface area (TPSA) is 101 Å². The lowest BCUT2D eigenvalue weighted by molar-refractivity contribution is 0.0741.